The van der Waals surface area contributed by atoms with Crippen molar-refractivity contribution in [3.05, 3.63) is 0 Å². The van der Waals surface area contributed by atoms with Crippen LogP contribution in [-0.2, 0) is 9.47 Å². The first kappa shape index (κ1) is 10.9. The van der Waals surface area contributed by atoms with Gasteiger partial charge >= 0.3 is 0 Å². The van der Waals surface area contributed by atoms with E-state index in [2.05, 4.69) is 0 Å². The maximum absolute atomic E-state index is 9.26. The van der Waals surface area contributed by atoms with Crippen molar-refractivity contribution in [2.24, 2.45) is 0 Å². The summed E-state index contributed by atoms with van der Waals surface area (Å²) in [4.78, 5) is 0. The lowest BCUT2D eigenvalue weighted by Crippen LogP contribution is -2.38. The Bertz CT molecular complexity index is 139. The molecule has 1 fully saturated rings. The summed E-state index contributed by atoms with van der Waals surface area (Å²) in [6, 6.07) is 0. The summed E-state index contributed by atoms with van der Waals surface area (Å²) in [5.74, 6) is 0. The van der Waals surface area contributed by atoms with Gasteiger partial charge in [-0.05, 0) is 6.92 Å². The van der Waals surface area contributed by atoms with Crippen LogP contribution in [0.5, 0.6) is 0 Å². The van der Waals surface area contributed by atoms with E-state index < -0.39 is 18.7 Å². The average molecular weight is 192 g/mol. The molecule has 1 heterocycles. The first-order chi connectivity index (χ1) is 6.08. The van der Waals surface area contributed by atoms with Crippen molar-refractivity contribution in [2.75, 3.05) is 6.61 Å². The summed E-state index contributed by atoms with van der Waals surface area (Å²) in [6.07, 6.45) is -1.99. The van der Waals surface area contributed by atoms with E-state index in [-0.39, 0.29) is 19.1 Å². The van der Waals surface area contributed by atoms with E-state index in [1.165, 1.54) is 6.92 Å². The fourth-order valence-electron chi connectivity index (χ4n) is 1.32. The summed E-state index contributed by atoms with van der Waals surface area (Å²) in [5.41, 5.74) is 0. The Labute approximate surface area is 76.9 Å². The Hall–Kier alpha value is -0.200. The van der Waals surface area contributed by atoms with Crippen molar-refractivity contribution >= 4 is 0 Å². The molecule has 13 heavy (non-hydrogen) atoms. The largest absolute Gasteiger partial charge is 0.393 e. The van der Waals surface area contributed by atoms with Gasteiger partial charge in [0.25, 0.3) is 0 Å². The summed E-state index contributed by atoms with van der Waals surface area (Å²) >= 11 is 0. The van der Waals surface area contributed by atoms with Crippen LogP contribution in [0.3, 0.4) is 0 Å². The molecule has 0 aromatic rings. The van der Waals surface area contributed by atoms with Crippen LogP contribution in [0.1, 0.15) is 19.8 Å². The van der Waals surface area contributed by atoms with E-state index in [4.69, 9.17) is 19.7 Å². The number of rotatable bonds is 3. The maximum atomic E-state index is 9.26. The van der Waals surface area contributed by atoms with Gasteiger partial charge in [0.2, 0.25) is 0 Å². The molecule has 0 amide bonds. The van der Waals surface area contributed by atoms with Crippen molar-refractivity contribution < 1.29 is 24.8 Å². The van der Waals surface area contributed by atoms with Crippen LogP contribution in [0.15, 0.2) is 0 Å². The molecule has 1 saturated heterocycles. The number of hydrogen-bond donors (Lipinski definition) is 3. The van der Waals surface area contributed by atoms with Gasteiger partial charge in [0.05, 0.1) is 18.8 Å². The van der Waals surface area contributed by atoms with Crippen LogP contribution in [-0.4, -0.2) is 46.7 Å². The molecule has 1 unspecified atom stereocenters. The van der Waals surface area contributed by atoms with Crippen LogP contribution < -0.4 is 0 Å². The minimum atomic E-state index is -0.925. The Balaban J connectivity index is 2.25. The number of aliphatic hydroxyl groups excluding tert-OH is 3. The molecule has 1 aliphatic heterocycles. The highest BCUT2D eigenvalue weighted by Gasteiger charge is 2.27. The quantitative estimate of drug-likeness (QED) is 0.510. The highest BCUT2D eigenvalue weighted by atomic mass is 16.6. The molecule has 1 rings (SSSR count). The molecule has 0 radical (unpaired) electrons. The lowest BCUT2D eigenvalue weighted by molar-refractivity contribution is -0.215. The fraction of sp³-hybridized carbons (Fsp3) is 1.00. The second-order valence-electron chi connectivity index (χ2n) is 3.27. The third kappa shape index (κ3) is 4.02. The molecular weight excluding hydrogens is 176 g/mol. The first-order valence-corrected chi connectivity index (χ1v) is 4.39. The average Bonchev–Trinajstić information content (AvgIpc) is 1.99. The zero-order valence-electron chi connectivity index (χ0n) is 7.59. The first-order valence-electron chi connectivity index (χ1n) is 4.39. The van der Waals surface area contributed by atoms with E-state index in [9.17, 15) is 5.11 Å². The molecule has 1 aliphatic rings. The van der Waals surface area contributed by atoms with E-state index >= 15 is 0 Å². The number of hydrogen-bond acceptors (Lipinski definition) is 5. The van der Waals surface area contributed by atoms with Gasteiger partial charge < -0.3 is 24.8 Å². The molecule has 0 saturated carbocycles. The summed E-state index contributed by atoms with van der Waals surface area (Å²) in [7, 11) is 0. The number of aliphatic hydroxyl groups is 3. The summed E-state index contributed by atoms with van der Waals surface area (Å²) < 4.78 is 9.95. The zero-order chi connectivity index (χ0) is 9.84. The summed E-state index contributed by atoms with van der Waals surface area (Å²) in [5, 5.41) is 27.2. The molecule has 0 aromatic carbocycles. The SMILES string of the molecule is CC(O)OC[C@@H]1C[C@H](O)C[C@@H](O)O1. The van der Waals surface area contributed by atoms with Crippen LogP contribution in [0.2, 0.25) is 0 Å². The van der Waals surface area contributed by atoms with Crippen molar-refractivity contribution in [1.82, 2.24) is 0 Å². The van der Waals surface area contributed by atoms with Crippen LogP contribution in [0.4, 0.5) is 0 Å². The third-order valence-corrected chi connectivity index (χ3v) is 1.88. The lowest BCUT2D eigenvalue weighted by Gasteiger charge is -2.30. The van der Waals surface area contributed by atoms with E-state index in [1.807, 2.05) is 0 Å². The van der Waals surface area contributed by atoms with Gasteiger partial charge in [-0.1, -0.05) is 0 Å². The van der Waals surface area contributed by atoms with Gasteiger partial charge in [0.15, 0.2) is 12.6 Å². The van der Waals surface area contributed by atoms with Crippen molar-refractivity contribution in [1.29, 1.82) is 0 Å². The number of ether oxygens (including phenoxy) is 2. The predicted octanol–water partition coefficient (Wildman–Crippen LogP) is -0.800. The molecule has 78 valence electrons. The second-order valence-corrected chi connectivity index (χ2v) is 3.27. The molecule has 5 heteroatoms. The molecule has 4 atom stereocenters. The molecule has 5 nitrogen and oxygen atoms in total. The smallest absolute Gasteiger partial charge is 0.157 e. The van der Waals surface area contributed by atoms with Crippen LogP contribution in [0.25, 0.3) is 0 Å². The standard InChI is InChI=1S/C8H16O5/c1-5(9)12-4-7-2-6(10)3-8(11)13-7/h5-11H,2-4H2,1H3/t5?,6-,7-,8-/m0/s1. The topological polar surface area (TPSA) is 79.2 Å². The van der Waals surface area contributed by atoms with Gasteiger partial charge in [-0.15, -0.1) is 0 Å². The van der Waals surface area contributed by atoms with Gasteiger partial charge in [0.1, 0.15) is 0 Å². The monoisotopic (exact) mass is 192 g/mol. The molecular formula is C8H16O5. The highest BCUT2D eigenvalue weighted by molar-refractivity contribution is 4.72. The van der Waals surface area contributed by atoms with Crippen LogP contribution >= 0.6 is 0 Å². The van der Waals surface area contributed by atoms with Gasteiger partial charge in [-0.3, -0.25) is 0 Å². The third-order valence-electron chi connectivity index (χ3n) is 1.88. The van der Waals surface area contributed by atoms with Crippen molar-refractivity contribution in [3.63, 3.8) is 0 Å². The maximum Gasteiger partial charge on any atom is 0.157 e. The van der Waals surface area contributed by atoms with Crippen molar-refractivity contribution in [3.8, 4) is 0 Å². The second kappa shape index (κ2) is 4.88. The van der Waals surface area contributed by atoms with Gasteiger partial charge in [-0.2, -0.15) is 0 Å². The molecule has 0 bridgehead atoms. The van der Waals surface area contributed by atoms with Gasteiger partial charge in [0, 0.05) is 12.8 Å². The Morgan fingerprint density at radius 3 is 2.69 bits per heavy atom. The molecule has 3 N–H and O–H groups in total. The van der Waals surface area contributed by atoms with Gasteiger partial charge in [-0.25, -0.2) is 0 Å². The zero-order valence-corrected chi connectivity index (χ0v) is 7.59. The van der Waals surface area contributed by atoms with E-state index in [0.717, 1.165) is 0 Å². The fourth-order valence-corrected chi connectivity index (χ4v) is 1.32. The predicted molar refractivity (Wildman–Crippen MR) is 43.8 cm³/mol. The van der Waals surface area contributed by atoms with Crippen LogP contribution in [0, 0.1) is 0 Å². The normalized spacial score (nSPS) is 37.4. The minimum Gasteiger partial charge on any atom is -0.393 e. The molecule has 0 aromatic heterocycles. The lowest BCUT2D eigenvalue weighted by atomic mass is 10.1. The Morgan fingerprint density at radius 1 is 1.46 bits per heavy atom. The minimum absolute atomic E-state index is 0.186. The Morgan fingerprint density at radius 2 is 2.15 bits per heavy atom. The van der Waals surface area contributed by atoms with Crippen molar-refractivity contribution in [2.45, 2.75) is 44.6 Å². The Kier molecular flexibility index (Phi) is 4.08. The van der Waals surface area contributed by atoms with E-state index in [0.29, 0.717) is 6.42 Å². The van der Waals surface area contributed by atoms with E-state index in [1.54, 1.807) is 0 Å². The molecule has 0 spiro atoms. The molecule has 0 aliphatic carbocycles. The summed E-state index contributed by atoms with van der Waals surface area (Å²) in [6.45, 7) is 1.68. The highest BCUT2D eigenvalue weighted by Crippen LogP contribution is 2.18.